The molecule has 1 unspecified atom stereocenters. The van der Waals surface area contributed by atoms with Gasteiger partial charge < -0.3 is 15.8 Å². The molecule has 0 amide bonds. The van der Waals surface area contributed by atoms with Crippen LogP contribution in [0.15, 0.2) is 24.3 Å². The molecule has 3 heteroatoms. The molecular weight excluding hydrogens is 200 g/mol. The Hall–Kier alpha value is -1.22. The number of nitrogens with two attached hydrogens (primary N) is 1. The van der Waals surface area contributed by atoms with Gasteiger partial charge in [0.2, 0.25) is 0 Å². The third kappa shape index (κ3) is 3.42. The van der Waals surface area contributed by atoms with Crippen molar-refractivity contribution in [1.82, 2.24) is 0 Å². The molecule has 90 valence electrons. The molecule has 0 saturated carbocycles. The van der Waals surface area contributed by atoms with Crippen LogP contribution in [0.25, 0.3) is 0 Å². The Kier molecular flexibility index (Phi) is 5.12. The standard InChI is InChI=1S/C13H22N2O/c1-10(2)11(8-14)9-15-12-6-4-5-7-13(12)16-3/h4-7,10-11,15H,8-9,14H2,1-3H3. The van der Waals surface area contributed by atoms with Gasteiger partial charge in [0.05, 0.1) is 12.8 Å². The molecule has 3 N–H and O–H groups in total. The van der Waals surface area contributed by atoms with Crippen molar-refractivity contribution in [2.24, 2.45) is 17.6 Å². The van der Waals surface area contributed by atoms with Crippen molar-refractivity contribution in [3.05, 3.63) is 24.3 Å². The van der Waals surface area contributed by atoms with Gasteiger partial charge in [0.15, 0.2) is 0 Å². The molecular formula is C13H22N2O. The van der Waals surface area contributed by atoms with E-state index in [2.05, 4.69) is 19.2 Å². The number of para-hydroxylation sites is 2. The minimum atomic E-state index is 0.491. The van der Waals surface area contributed by atoms with E-state index in [-0.39, 0.29) is 0 Å². The normalized spacial score (nSPS) is 12.6. The molecule has 1 rings (SSSR count). The number of ether oxygens (including phenoxy) is 1. The summed E-state index contributed by atoms with van der Waals surface area (Å²) in [6.45, 7) is 5.98. The summed E-state index contributed by atoms with van der Waals surface area (Å²) in [7, 11) is 1.68. The second-order valence-electron chi connectivity index (χ2n) is 4.32. The maximum Gasteiger partial charge on any atom is 0.141 e. The summed E-state index contributed by atoms with van der Waals surface area (Å²) < 4.78 is 5.28. The second kappa shape index (κ2) is 6.38. The Labute approximate surface area is 98.0 Å². The Morgan fingerprint density at radius 1 is 1.31 bits per heavy atom. The van der Waals surface area contributed by atoms with Crippen molar-refractivity contribution in [2.45, 2.75) is 13.8 Å². The predicted octanol–water partition coefficient (Wildman–Crippen LogP) is 2.34. The first-order chi connectivity index (χ1) is 7.69. The van der Waals surface area contributed by atoms with Gasteiger partial charge in [0.25, 0.3) is 0 Å². The van der Waals surface area contributed by atoms with Gasteiger partial charge in [0.1, 0.15) is 5.75 Å². The highest BCUT2D eigenvalue weighted by molar-refractivity contribution is 5.56. The average molecular weight is 222 g/mol. The lowest BCUT2D eigenvalue weighted by Gasteiger charge is -2.20. The Morgan fingerprint density at radius 2 is 2.00 bits per heavy atom. The zero-order chi connectivity index (χ0) is 12.0. The SMILES string of the molecule is COc1ccccc1NCC(CN)C(C)C. The van der Waals surface area contributed by atoms with Crippen molar-refractivity contribution >= 4 is 5.69 Å². The highest BCUT2D eigenvalue weighted by atomic mass is 16.5. The van der Waals surface area contributed by atoms with E-state index < -0.39 is 0 Å². The van der Waals surface area contributed by atoms with Crippen LogP contribution in [-0.2, 0) is 0 Å². The van der Waals surface area contributed by atoms with Gasteiger partial charge in [-0.25, -0.2) is 0 Å². The number of anilines is 1. The molecule has 0 aliphatic heterocycles. The average Bonchev–Trinajstić information content (AvgIpc) is 2.30. The van der Waals surface area contributed by atoms with Crippen LogP contribution >= 0.6 is 0 Å². The van der Waals surface area contributed by atoms with E-state index in [4.69, 9.17) is 10.5 Å². The first kappa shape index (κ1) is 12.8. The summed E-state index contributed by atoms with van der Waals surface area (Å²) in [4.78, 5) is 0. The fourth-order valence-electron chi connectivity index (χ4n) is 1.62. The summed E-state index contributed by atoms with van der Waals surface area (Å²) >= 11 is 0. The Balaban J connectivity index is 2.59. The molecule has 1 atom stereocenters. The molecule has 0 aliphatic carbocycles. The van der Waals surface area contributed by atoms with Gasteiger partial charge in [-0.1, -0.05) is 26.0 Å². The van der Waals surface area contributed by atoms with Crippen LogP contribution < -0.4 is 15.8 Å². The fraction of sp³-hybridized carbons (Fsp3) is 0.538. The maximum atomic E-state index is 5.74. The maximum absolute atomic E-state index is 5.74. The highest BCUT2D eigenvalue weighted by Gasteiger charge is 2.11. The molecule has 0 aromatic heterocycles. The summed E-state index contributed by atoms with van der Waals surface area (Å²) in [6.07, 6.45) is 0. The van der Waals surface area contributed by atoms with Crippen LogP contribution in [0.3, 0.4) is 0 Å². The predicted molar refractivity (Wildman–Crippen MR) is 68.9 cm³/mol. The van der Waals surface area contributed by atoms with E-state index in [9.17, 15) is 0 Å². The summed E-state index contributed by atoms with van der Waals surface area (Å²) in [5.41, 5.74) is 6.77. The smallest absolute Gasteiger partial charge is 0.141 e. The first-order valence-electron chi connectivity index (χ1n) is 5.76. The molecule has 0 heterocycles. The summed E-state index contributed by atoms with van der Waals surface area (Å²) in [6, 6.07) is 7.94. The highest BCUT2D eigenvalue weighted by Crippen LogP contribution is 2.23. The first-order valence-corrected chi connectivity index (χ1v) is 5.76. The number of rotatable bonds is 6. The van der Waals surface area contributed by atoms with E-state index in [1.165, 1.54) is 0 Å². The number of hydrogen-bond acceptors (Lipinski definition) is 3. The van der Waals surface area contributed by atoms with Crippen molar-refractivity contribution in [3.63, 3.8) is 0 Å². The van der Waals surface area contributed by atoms with Crippen LogP contribution in [-0.4, -0.2) is 20.2 Å². The number of benzene rings is 1. The van der Waals surface area contributed by atoms with E-state index in [1.54, 1.807) is 7.11 Å². The van der Waals surface area contributed by atoms with Crippen molar-refractivity contribution in [1.29, 1.82) is 0 Å². The lowest BCUT2D eigenvalue weighted by molar-refractivity contribution is 0.405. The molecule has 1 aromatic carbocycles. The monoisotopic (exact) mass is 222 g/mol. The Bertz CT molecular complexity index is 313. The van der Waals surface area contributed by atoms with Gasteiger partial charge in [0, 0.05) is 6.54 Å². The number of nitrogens with one attached hydrogen (secondary N) is 1. The van der Waals surface area contributed by atoms with Crippen LogP contribution in [0.2, 0.25) is 0 Å². The summed E-state index contributed by atoms with van der Waals surface area (Å²) in [5, 5.41) is 3.39. The van der Waals surface area contributed by atoms with Gasteiger partial charge in [-0.3, -0.25) is 0 Å². The quantitative estimate of drug-likeness (QED) is 0.776. The molecule has 1 aromatic rings. The van der Waals surface area contributed by atoms with E-state index in [0.717, 1.165) is 18.0 Å². The zero-order valence-corrected chi connectivity index (χ0v) is 10.4. The Morgan fingerprint density at radius 3 is 2.56 bits per heavy atom. The third-order valence-corrected chi connectivity index (χ3v) is 2.91. The number of methoxy groups -OCH3 is 1. The van der Waals surface area contributed by atoms with E-state index in [1.807, 2.05) is 24.3 Å². The molecule has 0 spiro atoms. The lowest BCUT2D eigenvalue weighted by Crippen LogP contribution is -2.27. The third-order valence-electron chi connectivity index (χ3n) is 2.91. The molecule has 0 saturated heterocycles. The number of hydrogen-bond donors (Lipinski definition) is 2. The van der Waals surface area contributed by atoms with Gasteiger partial charge in [-0.2, -0.15) is 0 Å². The van der Waals surface area contributed by atoms with Crippen molar-refractivity contribution in [3.8, 4) is 5.75 Å². The van der Waals surface area contributed by atoms with Crippen LogP contribution in [0, 0.1) is 11.8 Å². The largest absolute Gasteiger partial charge is 0.495 e. The minimum Gasteiger partial charge on any atom is -0.495 e. The molecule has 0 radical (unpaired) electrons. The van der Waals surface area contributed by atoms with Crippen LogP contribution in [0.1, 0.15) is 13.8 Å². The second-order valence-corrected chi connectivity index (χ2v) is 4.32. The van der Waals surface area contributed by atoms with Crippen molar-refractivity contribution < 1.29 is 4.74 Å². The van der Waals surface area contributed by atoms with E-state index in [0.29, 0.717) is 18.4 Å². The molecule has 0 aliphatic rings. The molecule has 16 heavy (non-hydrogen) atoms. The van der Waals surface area contributed by atoms with Gasteiger partial charge in [-0.15, -0.1) is 0 Å². The topological polar surface area (TPSA) is 47.3 Å². The summed E-state index contributed by atoms with van der Waals surface area (Å²) in [5.74, 6) is 1.96. The minimum absolute atomic E-state index is 0.491. The van der Waals surface area contributed by atoms with Crippen LogP contribution in [0.5, 0.6) is 5.75 Å². The van der Waals surface area contributed by atoms with Gasteiger partial charge in [-0.05, 0) is 30.5 Å². The zero-order valence-electron chi connectivity index (χ0n) is 10.4. The van der Waals surface area contributed by atoms with Crippen LogP contribution in [0.4, 0.5) is 5.69 Å². The van der Waals surface area contributed by atoms with E-state index >= 15 is 0 Å². The fourth-order valence-corrected chi connectivity index (χ4v) is 1.62. The molecule has 0 bridgehead atoms. The van der Waals surface area contributed by atoms with Gasteiger partial charge >= 0.3 is 0 Å². The lowest BCUT2D eigenvalue weighted by atomic mass is 9.96. The molecule has 0 fully saturated rings. The van der Waals surface area contributed by atoms with Crippen molar-refractivity contribution in [2.75, 3.05) is 25.5 Å². The molecule has 3 nitrogen and oxygen atoms in total.